The summed E-state index contributed by atoms with van der Waals surface area (Å²) in [5, 5.41) is 0. The van der Waals surface area contributed by atoms with Gasteiger partial charge in [0.25, 0.3) is 0 Å². The van der Waals surface area contributed by atoms with E-state index in [0.29, 0.717) is 6.73 Å². The summed E-state index contributed by atoms with van der Waals surface area (Å²) in [5.41, 5.74) is 0.236. The van der Waals surface area contributed by atoms with E-state index in [1.807, 2.05) is 19.6 Å². The van der Waals surface area contributed by atoms with Gasteiger partial charge in [0.05, 0.1) is 0 Å². The number of methoxy groups -OCH3 is 1. The number of carbonyl (C=O) groups excluding carboxylic acids is 1. The Hall–Kier alpha value is -0.353. The van der Waals surface area contributed by atoms with Crippen molar-refractivity contribution in [3.05, 3.63) is 0 Å². The molecule has 0 heterocycles. The van der Waals surface area contributed by atoms with Crippen molar-refractivity contribution in [2.45, 2.75) is 19.6 Å². The van der Waals surface area contributed by atoms with E-state index in [1.54, 1.807) is 19.1 Å². The molecule has 0 aliphatic carbocycles. The van der Waals surface area contributed by atoms with Gasteiger partial charge in [-0.15, -0.1) is 0 Å². The zero-order chi connectivity index (χ0) is 9.07. The lowest BCUT2D eigenvalue weighted by atomic mass is 10.9. The van der Waals surface area contributed by atoms with Crippen molar-refractivity contribution in [1.82, 2.24) is 4.90 Å². The third-order valence-electron chi connectivity index (χ3n) is 1.31. The molecule has 0 saturated carbocycles. The lowest BCUT2D eigenvalue weighted by Gasteiger charge is -2.23. The maximum absolute atomic E-state index is 11.5. The average Bonchev–Trinajstić information content (AvgIpc) is 1.85. The van der Waals surface area contributed by atoms with Crippen LogP contribution in [0.3, 0.4) is 0 Å². The van der Waals surface area contributed by atoms with Crippen LogP contribution < -0.4 is 0 Å². The Balaban J connectivity index is 4.03. The zero-order valence-corrected chi connectivity index (χ0v) is 8.97. The van der Waals surface area contributed by atoms with Crippen LogP contribution in [0.4, 0.5) is 4.79 Å². The van der Waals surface area contributed by atoms with E-state index in [-0.39, 0.29) is 5.53 Å². The molecule has 0 bridgehead atoms. The molecule has 0 saturated heterocycles. The first-order valence-corrected chi connectivity index (χ1v) is 7.14. The van der Waals surface area contributed by atoms with Gasteiger partial charge in [0.2, 0.25) is 0 Å². The van der Waals surface area contributed by atoms with Crippen LogP contribution in [0.2, 0.25) is 19.6 Å². The Bertz CT molecular complexity index is 142. The SMILES string of the molecule is COCN(C)C(=O)[Si](C)(C)C. The molecule has 0 unspecified atom stereocenters. The Morgan fingerprint density at radius 1 is 1.45 bits per heavy atom. The van der Waals surface area contributed by atoms with Crippen molar-refractivity contribution in [2.24, 2.45) is 0 Å². The normalized spacial score (nSPS) is 11.4. The third-order valence-corrected chi connectivity index (χ3v) is 2.98. The van der Waals surface area contributed by atoms with Gasteiger partial charge < -0.3 is 9.64 Å². The predicted octanol–water partition coefficient (Wildman–Crippen LogP) is 1.56. The molecule has 1 amide bonds. The number of hydrogen-bond acceptors (Lipinski definition) is 2. The Labute approximate surface area is 69.3 Å². The van der Waals surface area contributed by atoms with Gasteiger partial charge in [-0.05, 0) is 0 Å². The quantitative estimate of drug-likeness (QED) is 0.481. The van der Waals surface area contributed by atoms with Crippen LogP contribution in [0.5, 0.6) is 0 Å². The number of carbonyl (C=O) groups is 1. The second-order valence-electron chi connectivity index (χ2n) is 3.67. The molecule has 0 N–H and O–H groups in total. The van der Waals surface area contributed by atoms with Crippen LogP contribution in [0.25, 0.3) is 0 Å². The summed E-state index contributed by atoms with van der Waals surface area (Å²) < 4.78 is 4.85. The van der Waals surface area contributed by atoms with E-state index >= 15 is 0 Å². The minimum atomic E-state index is -1.65. The van der Waals surface area contributed by atoms with Gasteiger partial charge in [-0.1, -0.05) is 19.6 Å². The van der Waals surface area contributed by atoms with E-state index < -0.39 is 8.07 Å². The molecular formula is C7H17NO2Si. The minimum Gasteiger partial charge on any atom is -0.364 e. The number of rotatable bonds is 3. The van der Waals surface area contributed by atoms with Crippen LogP contribution in [0, 0.1) is 0 Å². The maximum atomic E-state index is 11.5. The summed E-state index contributed by atoms with van der Waals surface area (Å²) in [6.07, 6.45) is 0. The fourth-order valence-electron chi connectivity index (χ4n) is 0.825. The van der Waals surface area contributed by atoms with E-state index in [1.165, 1.54) is 0 Å². The van der Waals surface area contributed by atoms with Gasteiger partial charge >= 0.3 is 0 Å². The highest BCUT2D eigenvalue weighted by molar-refractivity contribution is 7.03. The highest BCUT2D eigenvalue weighted by Crippen LogP contribution is 2.06. The summed E-state index contributed by atoms with van der Waals surface area (Å²) in [5.74, 6) is 0. The van der Waals surface area contributed by atoms with Crippen molar-refractivity contribution >= 4 is 13.6 Å². The Morgan fingerprint density at radius 2 is 1.91 bits per heavy atom. The molecule has 0 rings (SSSR count). The Kier molecular flexibility index (Phi) is 3.75. The first-order chi connectivity index (χ1) is 4.89. The van der Waals surface area contributed by atoms with Gasteiger partial charge in [0.1, 0.15) is 6.73 Å². The summed E-state index contributed by atoms with van der Waals surface area (Å²) in [6, 6.07) is 0. The van der Waals surface area contributed by atoms with Crippen molar-refractivity contribution in [2.75, 3.05) is 20.9 Å². The van der Waals surface area contributed by atoms with Gasteiger partial charge in [0.15, 0.2) is 13.6 Å². The lowest BCUT2D eigenvalue weighted by Crippen LogP contribution is -2.44. The summed E-state index contributed by atoms with van der Waals surface area (Å²) >= 11 is 0. The van der Waals surface area contributed by atoms with Crippen LogP contribution in [0.1, 0.15) is 0 Å². The standard InChI is InChI=1S/C7H17NO2Si/c1-8(6-10-2)7(9)11(3,4)5/h6H2,1-5H3. The third kappa shape index (κ3) is 3.53. The van der Waals surface area contributed by atoms with Crippen LogP contribution in [-0.4, -0.2) is 39.4 Å². The maximum Gasteiger partial charge on any atom is 0.195 e. The van der Waals surface area contributed by atoms with E-state index in [2.05, 4.69) is 0 Å². The van der Waals surface area contributed by atoms with Gasteiger partial charge in [0, 0.05) is 14.2 Å². The number of ether oxygens (including phenoxy) is 1. The van der Waals surface area contributed by atoms with Crippen LogP contribution in [0.15, 0.2) is 0 Å². The fourth-order valence-corrected chi connectivity index (χ4v) is 2.03. The second-order valence-corrected chi connectivity index (χ2v) is 8.60. The molecule has 0 aliphatic rings. The Morgan fingerprint density at radius 3 is 2.18 bits per heavy atom. The van der Waals surface area contributed by atoms with Gasteiger partial charge in [-0.25, -0.2) is 0 Å². The lowest BCUT2D eigenvalue weighted by molar-refractivity contribution is 0.106. The molecular weight excluding hydrogens is 158 g/mol. The molecule has 11 heavy (non-hydrogen) atoms. The fraction of sp³-hybridized carbons (Fsp3) is 0.857. The minimum absolute atomic E-state index is 0.236. The van der Waals surface area contributed by atoms with Crippen LogP contribution >= 0.6 is 0 Å². The van der Waals surface area contributed by atoms with E-state index in [4.69, 9.17) is 4.74 Å². The zero-order valence-electron chi connectivity index (χ0n) is 7.97. The molecule has 0 aromatic carbocycles. The molecule has 0 aromatic rings. The molecule has 0 fully saturated rings. The number of amides is 1. The molecule has 4 heteroatoms. The summed E-state index contributed by atoms with van der Waals surface area (Å²) in [7, 11) is 1.71. The first kappa shape index (κ1) is 10.6. The van der Waals surface area contributed by atoms with Gasteiger partial charge in [-0.2, -0.15) is 0 Å². The monoisotopic (exact) mass is 175 g/mol. The highest BCUT2D eigenvalue weighted by atomic mass is 28.3. The summed E-state index contributed by atoms with van der Waals surface area (Å²) in [6.45, 7) is 6.48. The second kappa shape index (κ2) is 3.87. The molecule has 66 valence electrons. The largest absolute Gasteiger partial charge is 0.364 e. The van der Waals surface area contributed by atoms with Crippen molar-refractivity contribution in [3.8, 4) is 0 Å². The molecule has 0 spiro atoms. The molecule has 0 radical (unpaired) electrons. The molecule has 0 aromatic heterocycles. The topological polar surface area (TPSA) is 29.5 Å². The van der Waals surface area contributed by atoms with E-state index in [0.717, 1.165) is 0 Å². The van der Waals surface area contributed by atoms with E-state index in [9.17, 15) is 4.79 Å². The molecule has 3 nitrogen and oxygen atoms in total. The molecule has 0 atom stereocenters. The van der Waals surface area contributed by atoms with Crippen molar-refractivity contribution in [3.63, 3.8) is 0 Å². The van der Waals surface area contributed by atoms with Crippen LogP contribution in [-0.2, 0) is 4.74 Å². The number of hydrogen-bond donors (Lipinski definition) is 0. The predicted molar refractivity (Wildman–Crippen MR) is 48.4 cm³/mol. The molecule has 0 aliphatic heterocycles. The summed E-state index contributed by atoms with van der Waals surface area (Å²) in [4.78, 5) is 13.1. The average molecular weight is 175 g/mol. The van der Waals surface area contributed by atoms with Crippen molar-refractivity contribution in [1.29, 1.82) is 0 Å². The number of nitrogens with zero attached hydrogens (tertiary/aromatic N) is 1. The van der Waals surface area contributed by atoms with Crippen molar-refractivity contribution < 1.29 is 9.53 Å². The highest BCUT2D eigenvalue weighted by Gasteiger charge is 2.27. The van der Waals surface area contributed by atoms with Gasteiger partial charge in [-0.3, -0.25) is 4.79 Å². The first-order valence-electron chi connectivity index (χ1n) is 3.64. The smallest absolute Gasteiger partial charge is 0.195 e.